The van der Waals surface area contributed by atoms with Gasteiger partial charge >= 0.3 is 0 Å². The predicted molar refractivity (Wildman–Crippen MR) is 137 cm³/mol. The first-order chi connectivity index (χ1) is 16.8. The standard InChI is InChI=1S/C25H28N6O3S/c1-15-14-35-24(27-15)16(2)30(4)25(33)19-12-18(28-17(3)32)13-21-22(19)31(10-11-34-5)23(29-21)20-8-6-7-9-26-20/h6-9,12-14,16H,10-11H2,1-5H3,(H,28,32)/t16-/m0/s1. The number of imidazole rings is 1. The van der Waals surface area contributed by atoms with Gasteiger partial charge < -0.3 is 19.5 Å². The van der Waals surface area contributed by atoms with Crippen LogP contribution < -0.4 is 5.32 Å². The van der Waals surface area contributed by atoms with Crippen LogP contribution in [0.3, 0.4) is 0 Å². The molecule has 4 rings (SSSR count). The number of amides is 2. The number of methoxy groups -OCH3 is 1. The van der Waals surface area contributed by atoms with Gasteiger partial charge in [0, 0.05) is 50.6 Å². The highest BCUT2D eigenvalue weighted by Gasteiger charge is 2.26. The number of hydrogen-bond donors (Lipinski definition) is 1. The van der Waals surface area contributed by atoms with Crippen LogP contribution in [-0.2, 0) is 16.1 Å². The van der Waals surface area contributed by atoms with Crippen LogP contribution in [0.4, 0.5) is 5.69 Å². The molecule has 2 amide bonds. The van der Waals surface area contributed by atoms with Gasteiger partial charge in [-0.15, -0.1) is 11.3 Å². The summed E-state index contributed by atoms with van der Waals surface area (Å²) < 4.78 is 7.31. The minimum Gasteiger partial charge on any atom is -0.383 e. The topological polar surface area (TPSA) is 102 Å². The van der Waals surface area contributed by atoms with Crippen molar-refractivity contribution in [2.75, 3.05) is 26.1 Å². The number of aromatic nitrogens is 4. The lowest BCUT2D eigenvalue weighted by atomic mass is 10.1. The molecule has 1 atom stereocenters. The molecule has 0 bridgehead atoms. The van der Waals surface area contributed by atoms with Crippen LogP contribution in [0.25, 0.3) is 22.6 Å². The second kappa shape index (κ2) is 10.3. The van der Waals surface area contributed by atoms with Crippen molar-refractivity contribution in [1.82, 2.24) is 24.4 Å². The number of thiazole rings is 1. The van der Waals surface area contributed by atoms with Crippen LogP contribution in [0.5, 0.6) is 0 Å². The van der Waals surface area contributed by atoms with Crippen molar-refractivity contribution in [3.8, 4) is 11.5 Å². The van der Waals surface area contributed by atoms with Crippen molar-refractivity contribution in [3.05, 3.63) is 58.2 Å². The van der Waals surface area contributed by atoms with Crippen LogP contribution in [-0.4, -0.2) is 57.0 Å². The van der Waals surface area contributed by atoms with E-state index in [1.807, 2.05) is 42.0 Å². The number of ether oxygens (including phenoxy) is 1. The molecule has 0 radical (unpaired) electrons. The van der Waals surface area contributed by atoms with Crippen LogP contribution in [0.1, 0.15) is 40.9 Å². The van der Waals surface area contributed by atoms with E-state index >= 15 is 0 Å². The first kappa shape index (κ1) is 24.5. The Balaban J connectivity index is 1.90. The fourth-order valence-corrected chi connectivity index (χ4v) is 4.79. The number of aryl methyl sites for hydroxylation is 1. The molecule has 0 unspecified atom stereocenters. The van der Waals surface area contributed by atoms with Crippen molar-refractivity contribution in [3.63, 3.8) is 0 Å². The van der Waals surface area contributed by atoms with E-state index in [1.165, 1.54) is 18.3 Å². The van der Waals surface area contributed by atoms with E-state index in [9.17, 15) is 9.59 Å². The summed E-state index contributed by atoms with van der Waals surface area (Å²) in [5.74, 6) is 0.193. The average molecular weight is 493 g/mol. The molecule has 0 spiro atoms. The average Bonchev–Trinajstić information content (AvgIpc) is 3.44. The van der Waals surface area contributed by atoms with Gasteiger partial charge in [-0.1, -0.05) is 6.07 Å². The molecule has 1 aromatic carbocycles. The summed E-state index contributed by atoms with van der Waals surface area (Å²) in [7, 11) is 3.39. The summed E-state index contributed by atoms with van der Waals surface area (Å²) in [6, 6.07) is 8.85. The Bertz CT molecular complexity index is 1360. The van der Waals surface area contributed by atoms with Crippen LogP contribution in [0.15, 0.2) is 41.9 Å². The van der Waals surface area contributed by atoms with Crippen LogP contribution in [0.2, 0.25) is 0 Å². The van der Waals surface area contributed by atoms with Gasteiger partial charge in [0.25, 0.3) is 5.91 Å². The monoisotopic (exact) mass is 492 g/mol. The lowest BCUT2D eigenvalue weighted by Crippen LogP contribution is -2.30. The van der Waals surface area contributed by atoms with Crippen molar-refractivity contribution < 1.29 is 14.3 Å². The van der Waals surface area contributed by atoms with E-state index in [1.54, 1.807) is 37.4 Å². The number of anilines is 1. The zero-order chi connectivity index (χ0) is 25.1. The van der Waals surface area contributed by atoms with Crippen LogP contribution >= 0.6 is 11.3 Å². The molecule has 182 valence electrons. The SMILES string of the molecule is COCCn1c(-c2ccccn2)nc2cc(NC(C)=O)cc(C(=O)N(C)[C@@H](C)c3nc(C)cs3)c21. The number of hydrogen-bond acceptors (Lipinski definition) is 7. The number of carbonyl (C=O) groups excluding carboxylic acids is 2. The summed E-state index contributed by atoms with van der Waals surface area (Å²) in [6.45, 7) is 6.22. The number of fused-ring (bicyclic) bond motifs is 1. The molecular formula is C25H28N6O3S. The zero-order valence-electron chi connectivity index (χ0n) is 20.4. The fraction of sp³-hybridized carbons (Fsp3) is 0.320. The molecule has 0 aliphatic rings. The molecule has 3 heterocycles. The zero-order valence-corrected chi connectivity index (χ0v) is 21.2. The van der Waals surface area contributed by atoms with E-state index in [4.69, 9.17) is 9.72 Å². The Labute approximate surface area is 207 Å². The third-order valence-corrected chi connectivity index (χ3v) is 6.83. The normalized spacial score (nSPS) is 12.0. The van der Waals surface area contributed by atoms with E-state index in [0.29, 0.717) is 47.0 Å². The lowest BCUT2D eigenvalue weighted by Gasteiger charge is -2.24. The molecule has 35 heavy (non-hydrogen) atoms. The molecule has 0 saturated carbocycles. The summed E-state index contributed by atoms with van der Waals surface area (Å²) in [6.07, 6.45) is 1.70. The molecule has 3 aromatic heterocycles. The van der Waals surface area contributed by atoms with Gasteiger partial charge in [-0.2, -0.15) is 0 Å². The molecular weight excluding hydrogens is 464 g/mol. The summed E-state index contributed by atoms with van der Waals surface area (Å²) in [4.78, 5) is 41.2. The smallest absolute Gasteiger partial charge is 0.256 e. The summed E-state index contributed by atoms with van der Waals surface area (Å²) in [5.41, 5.74) is 3.78. The maximum absolute atomic E-state index is 13.9. The van der Waals surface area contributed by atoms with E-state index in [0.717, 1.165) is 10.7 Å². The molecule has 0 saturated heterocycles. The Morgan fingerprint density at radius 3 is 2.69 bits per heavy atom. The number of carbonyl (C=O) groups is 2. The fourth-order valence-electron chi connectivity index (χ4n) is 3.89. The maximum Gasteiger partial charge on any atom is 0.256 e. The quantitative estimate of drug-likeness (QED) is 0.393. The van der Waals surface area contributed by atoms with E-state index < -0.39 is 0 Å². The van der Waals surface area contributed by atoms with Gasteiger partial charge in [0.15, 0.2) is 5.82 Å². The minimum absolute atomic E-state index is 0.200. The minimum atomic E-state index is -0.230. The number of pyridine rings is 1. The molecule has 1 N–H and O–H groups in total. The molecule has 0 aliphatic carbocycles. The molecule has 4 aromatic rings. The third kappa shape index (κ3) is 5.08. The highest BCUT2D eigenvalue weighted by atomic mass is 32.1. The van der Waals surface area contributed by atoms with Gasteiger partial charge in [0.1, 0.15) is 10.7 Å². The largest absolute Gasteiger partial charge is 0.383 e. The van der Waals surface area contributed by atoms with Gasteiger partial charge in [-0.05, 0) is 38.1 Å². The molecule has 0 aliphatic heterocycles. The molecule has 10 heteroatoms. The van der Waals surface area contributed by atoms with Crippen molar-refractivity contribution in [2.45, 2.75) is 33.4 Å². The highest BCUT2D eigenvalue weighted by molar-refractivity contribution is 7.09. The predicted octanol–water partition coefficient (Wildman–Crippen LogP) is 4.30. The Morgan fingerprint density at radius 1 is 1.26 bits per heavy atom. The Morgan fingerprint density at radius 2 is 2.06 bits per heavy atom. The molecule has 0 fully saturated rings. The van der Waals surface area contributed by atoms with Crippen molar-refractivity contribution in [1.29, 1.82) is 0 Å². The number of benzene rings is 1. The van der Waals surface area contributed by atoms with Gasteiger partial charge in [0.2, 0.25) is 5.91 Å². The number of nitrogens with one attached hydrogen (secondary N) is 1. The molecule has 9 nitrogen and oxygen atoms in total. The van der Waals surface area contributed by atoms with E-state index in [-0.39, 0.29) is 17.9 Å². The van der Waals surface area contributed by atoms with Crippen molar-refractivity contribution in [2.24, 2.45) is 0 Å². The Hall–Kier alpha value is -3.63. The second-order valence-corrected chi connectivity index (χ2v) is 9.18. The van der Waals surface area contributed by atoms with Gasteiger partial charge in [0.05, 0.1) is 29.2 Å². The third-order valence-electron chi connectivity index (χ3n) is 5.70. The van der Waals surface area contributed by atoms with Crippen LogP contribution in [0, 0.1) is 6.92 Å². The Kier molecular flexibility index (Phi) is 7.23. The van der Waals surface area contributed by atoms with Crippen molar-refractivity contribution >= 4 is 39.9 Å². The second-order valence-electron chi connectivity index (χ2n) is 8.29. The first-order valence-corrected chi connectivity index (χ1v) is 12.1. The van der Waals surface area contributed by atoms with Gasteiger partial charge in [-0.3, -0.25) is 14.6 Å². The number of nitrogens with zero attached hydrogens (tertiary/aromatic N) is 5. The van der Waals surface area contributed by atoms with Gasteiger partial charge in [-0.25, -0.2) is 9.97 Å². The van der Waals surface area contributed by atoms with E-state index in [2.05, 4.69) is 15.3 Å². The number of rotatable bonds is 8. The maximum atomic E-state index is 13.9. The lowest BCUT2D eigenvalue weighted by molar-refractivity contribution is -0.114. The highest BCUT2D eigenvalue weighted by Crippen LogP contribution is 2.32. The first-order valence-electron chi connectivity index (χ1n) is 11.2. The summed E-state index contributed by atoms with van der Waals surface area (Å²) in [5, 5.41) is 5.62. The summed E-state index contributed by atoms with van der Waals surface area (Å²) >= 11 is 1.53.